The summed E-state index contributed by atoms with van der Waals surface area (Å²) in [5.74, 6) is 0. The summed E-state index contributed by atoms with van der Waals surface area (Å²) in [5.41, 5.74) is 0.723. The van der Waals surface area contributed by atoms with Gasteiger partial charge in [0.25, 0.3) is 0 Å². The van der Waals surface area contributed by atoms with Crippen molar-refractivity contribution in [1.82, 2.24) is 0 Å². The zero-order chi connectivity index (χ0) is 13.1. The van der Waals surface area contributed by atoms with Crippen molar-refractivity contribution in [2.24, 2.45) is 10.8 Å². The van der Waals surface area contributed by atoms with Crippen molar-refractivity contribution < 1.29 is 0 Å². The Morgan fingerprint density at radius 2 is 1.47 bits per heavy atom. The topological polar surface area (TPSA) is 0 Å². The van der Waals surface area contributed by atoms with Crippen LogP contribution in [-0.2, 0) is 0 Å². The number of hydrogen-bond donors (Lipinski definition) is 0. The molecule has 0 aliphatic carbocycles. The maximum atomic E-state index is 2.44. The van der Waals surface area contributed by atoms with Gasteiger partial charge in [0.05, 0.1) is 0 Å². The molecule has 0 atom stereocenters. The van der Waals surface area contributed by atoms with Crippen LogP contribution in [-0.4, -0.2) is 0 Å². The molecule has 1 aliphatic rings. The summed E-state index contributed by atoms with van der Waals surface area (Å²) in [7, 11) is 0. The standard InChI is InChI=1S/C16H28S/c1-7-15(4,5)13-11-10-12-14(17-13)16(6,8-2)9-3/h11-12H,7-10H2,1-6H3. The number of rotatable bonds is 5. The summed E-state index contributed by atoms with van der Waals surface area (Å²) in [4.78, 5) is 3.17. The van der Waals surface area contributed by atoms with Gasteiger partial charge in [-0.15, -0.1) is 0 Å². The second kappa shape index (κ2) is 5.65. The summed E-state index contributed by atoms with van der Waals surface area (Å²) >= 11 is 2.04. The predicted octanol–water partition coefficient (Wildman–Crippen LogP) is 6.15. The highest BCUT2D eigenvalue weighted by atomic mass is 32.2. The number of allylic oxidation sites excluding steroid dienone is 4. The molecule has 0 bridgehead atoms. The Morgan fingerprint density at radius 3 is 1.94 bits per heavy atom. The summed E-state index contributed by atoms with van der Waals surface area (Å²) in [6.07, 6.45) is 9.67. The largest absolute Gasteiger partial charge is 0.0985 e. The molecule has 0 aromatic heterocycles. The van der Waals surface area contributed by atoms with Gasteiger partial charge in [-0.05, 0) is 46.3 Å². The van der Waals surface area contributed by atoms with E-state index in [4.69, 9.17) is 0 Å². The average Bonchev–Trinajstić information content (AvgIpc) is 2.38. The quantitative estimate of drug-likeness (QED) is 0.565. The third-order valence-electron chi connectivity index (χ3n) is 4.53. The number of thioether (sulfide) groups is 1. The molecule has 17 heavy (non-hydrogen) atoms. The van der Waals surface area contributed by atoms with Gasteiger partial charge in [0, 0.05) is 0 Å². The lowest BCUT2D eigenvalue weighted by Crippen LogP contribution is -2.19. The molecule has 1 aliphatic heterocycles. The minimum absolute atomic E-state index is 0.340. The normalized spacial score (nSPS) is 17.8. The first kappa shape index (κ1) is 14.9. The van der Waals surface area contributed by atoms with Crippen molar-refractivity contribution in [2.45, 2.75) is 67.2 Å². The monoisotopic (exact) mass is 252 g/mol. The van der Waals surface area contributed by atoms with E-state index >= 15 is 0 Å². The second-order valence-electron chi connectivity index (χ2n) is 5.98. The van der Waals surface area contributed by atoms with Crippen LogP contribution in [0.5, 0.6) is 0 Å². The van der Waals surface area contributed by atoms with Gasteiger partial charge in [-0.2, -0.15) is 0 Å². The average molecular weight is 252 g/mol. The summed E-state index contributed by atoms with van der Waals surface area (Å²) < 4.78 is 0. The Labute approximate surface area is 112 Å². The van der Waals surface area contributed by atoms with Gasteiger partial charge in [0.2, 0.25) is 0 Å². The van der Waals surface area contributed by atoms with E-state index in [2.05, 4.69) is 53.7 Å². The van der Waals surface area contributed by atoms with Crippen LogP contribution in [0.25, 0.3) is 0 Å². The molecule has 0 amide bonds. The van der Waals surface area contributed by atoms with E-state index < -0.39 is 0 Å². The van der Waals surface area contributed by atoms with Crippen molar-refractivity contribution in [3.63, 3.8) is 0 Å². The van der Waals surface area contributed by atoms with E-state index in [1.54, 1.807) is 9.81 Å². The smallest absolute Gasteiger partial charge is 0.00203 e. The maximum Gasteiger partial charge on any atom is -0.00203 e. The van der Waals surface area contributed by atoms with Crippen LogP contribution < -0.4 is 0 Å². The van der Waals surface area contributed by atoms with Gasteiger partial charge in [-0.3, -0.25) is 0 Å². The van der Waals surface area contributed by atoms with Crippen LogP contribution in [0, 0.1) is 10.8 Å². The zero-order valence-corrected chi connectivity index (χ0v) is 13.2. The van der Waals surface area contributed by atoms with Gasteiger partial charge in [-0.25, -0.2) is 0 Å². The summed E-state index contributed by atoms with van der Waals surface area (Å²) in [6.45, 7) is 14.1. The fourth-order valence-corrected chi connectivity index (χ4v) is 3.58. The van der Waals surface area contributed by atoms with Crippen molar-refractivity contribution in [2.75, 3.05) is 0 Å². The number of hydrogen-bond acceptors (Lipinski definition) is 1. The summed E-state index contributed by atoms with van der Waals surface area (Å²) in [5, 5.41) is 0. The molecule has 0 fully saturated rings. The molecular formula is C16H28S. The fraction of sp³-hybridized carbons (Fsp3) is 0.750. The molecule has 0 saturated heterocycles. The minimum Gasteiger partial charge on any atom is -0.0985 e. The van der Waals surface area contributed by atoms with Crippen LogP contribution in [0.15, 0.2) is 22.0 Å². The third kappa shape index (κ3) is 3.19. The lowest BCUT2D eigenvalue weighted by Gasteiger charge is -2.36. The highest BCUT2D eigenvalue weighted by Crippen LogP contribution is 2.51. The third-order valence-corrected chi connectivity index (χ3v) is 6.35. The molecule has 0 aromatic carbocycles. The molecule has 1 heteroatoms. The van der Waals surface area contributed by atoms with E-state index in [1.807, 2.05) is 11.8 Å². The van der Waals surface area contributed by atoms with Crippen LogP contribution in [0.1, 0.15) is 67.2 Å². The highest BCUT2D eigenvalue weighted by Gasteiger charge is 2.31. The van der Waals surface area contributed by atoms with E-state index in [9.17, 15) is 0 Å². The first-order valence-corrected chi connectivity index (χ1v) is 7.80. The SMILES string of the molecule is CCC(C)(C)C1=CCC=C(C(C)(CC)CC)S1. The molecule has 1 rings (SSSR count). The molecular weight excluding hydrogens is 224 g/mol. The fourth-order valence-electron chi connectivity index (χ4n) is 2.03. The molecule has 0 radical (unpaired) electrons. The lowest BCUT2D eigenvalue weighted by atomic mass is 9.83. The maximum absolute atomic E-state index is 2.44. The van der Waals surface area contributed by atoms with Crippen LogP contribution in [0.4, 0.5) is 0 Å². The van der Waals surface area contributed by atoms with E-state index in [-0.39, 0.29) is 0 Å². The van der Waals surface area contributed by atoms with Gasteiger partial charge < -0.3 is 0 Å². The van der Waals surface area contributed by atoms with Gasteiger partial charge in [0.15, 0.2) is 0 Å². The van der Waals surface area contributed by atoms with Crippen LogP contribution in [0.2, 0.25) is 0 Å². The van der Waals surface area contributed by atoms with Crippen molar-refractivity contribution in [1.29, 1.82) is 0 Å². The zero-order valence-electron chi connectivity index (χ0n) is 12.4. The molecule has 0 unspecified atom stereocenters. The van der Waals surface area contributed by atoms with Gasteiger partial charge >= 0.3 is 0 Å². The van der Waals surface area contributed by atoms with Crippen molar-refractivity contribution in [3.05, 3.63) is 22.0 Å². The first-order chi connectivity index (χ1) is 7.89. The highest BCUT2D eigenvalue weighted by molar-refractivity contribution is 8.06. The van der Waals surface area contributed by atoms with Crippen LogP contribution >= 0.6 is 11.8 Å². The minimum atomic E-state index is 0.340. The molecule has 0 N–H and O–H groups in total. The molecule has 0 nitrogen and oxygen atoms in total. The Hall–Kier alpha value is -0.170. The molecule has 1 heterocycles. The van der Waals surface area contributed by atoms with Gasteiger partial charge in [-0.1, -0.05) is 65.5 Å². The Bertz CT molecular complexity index is 316. The Kier molecular flexibility index (Phi) is 4.95. The lowest BCUT2D eigenvalue weighted by molar-refractivity contribution is 0.385. The predicted molar refractivity (Wildman–Crippen MR) is 81.1 cm³/mol. The first-order valence-electron chi connectivity index (χ1n) is 6.98. The molecule has 0 saturated carbocycles. The molecule has 0 spiro atoms. The van der Waals surface area contributed by atoms with E-state index in [1.165, 1.54) is 19.3 Å². The Morgan fingerprint density at radius 1 is 0.941 bits per heavy atom. The van der Waals surface area contributed by atoms with Crippen molar-refractivity contribution in [3.8, 4) is 0 Å². The summed E-state index contributed by atoms with van der Waals surface area (Å²) in [6, 6.07) is 0. The van der Waals surface area contributed by atoms with E-state index in [0.29, 0.717) is 10.8 Å². The van der Waals surface area contributed by atoms with Crippen molar-refractivity contribution >= 4 is 11.8 Å². The second-order valence-corrected chi connectivity index (χ2v) is 7.06. The van der Waals surface area contributed by atoms with Gasteiger partial charge in [0.1, 0.15) is 0 Å². The Balaban J connectivity index is 2.87. The van der Waals surface area contributed by atoms with E-state index in [0.717, 1.165) is 6.42 Å². The van der Waals surface area contributed by atoms with Crippen LogP contribution in [0.3, 0.4) is 0 Å². The molecule has 0 aromatic rings. The molecule has 98 valence electrons.